The van der Waals surface area contributed by atoms with Crippen LogP contribution in [-0.4, -0.2) is 37.1 Å². The number of rotatable bonds is 5. The van der Waals surface area contributed by atoms with Crippen LogP contribution >= 0.6 is 0 Å². The zero-order valence-electron chi connectivity index (χ0n) is 12.1. The van der Waals surface area contributed by atoms with Crippen molar-refractivity contribution in [3.8, 4) is 0 Å². The summed E-state index contributed by atoms with van der Waals surface area (Å²) in [5.41, 5.74) is 0.425. The van der Waals surface area contributed by atoms with Crippen LogP contribution in [0.1, 0.15) is 52.4 Å². The molecule has 100 valence electrons. The second kappa shape index (κ2) is 5.27. The van der Waals surface area contributed by atoms with Gasteiger partial charge in [0.2, 0.25) is 0 Å². The summed E-state index contributed by atoms with van der Waals surface area (Å²) in [6.07, 6.45) is 8.50. The van der Waals surface area contributed by atoms with Crippen LogP contribution in [0.25, 0.3) is 0 Å². The van der Waals surface area contributed by atoms with Crippen LogP contribution in [0.3, 0.4) is 0 Å². The molecule has 2 fully saturated rings. The average Bonchev–Trinajstić information content (AvgIpc) is 3.09. The van der Waals surface area contributed by atoms with Gasteiger partial charge in [-0.25, -0.2) is 0 Å². The lowest BCUT2D eigenvalue weighted by atomic mass is 9.70. The summed E-state index contributed by atoms with van der Waals surface area (Å²) in [5.74, 6) is 1.84. The van der Waals surface area contributed by atoms with Gasteiger partial charge in [-0.05, 0) is 58.2 Å². The van der Waals surface area contributed by atoms with Crippen molar-refractivity contribution in [2.45, 2.75) is 64.0 Å². The molecule has 2 saturated carbocycles. The Bertz CT molecular complexity index is 247. The molecule has 2 nitrogen and oxygen atoms in total. The van der Waals surface area contributed by atoms with Crippen molar-refractivity contribution in [2.24, 2.45) is 11.8 Å². The molecule has 2 aliphatic rings. The van der Waals surface area contributed by atoms with Crippen molar-refractivity contribution in [3.63, 3.8) is 0 Å². The minimum atomic E-state index is 0.425. The predicted molar refractivity (Wildman–Crippen MR) is 74.2 cm³/mol. The van der Waals surface area contributed by atoms with Crippen molar-refractivity contribution < 1.29 is 0 Å². The molecule has 3 unspecified atom stereocenters. The summed E-state index contributed by atoms with van der Waals surface area (Å²) in [7, 11) is 4.59. The third-order valence-electron chi connectivity index (χ3n) is 5.00. The van der Waals surface area contributed by atoms with Gasteiger partial charge >= 0.3 is 0 Å². The van der Waals surface area contributed by atoms with Gasteiger partial charge in [0.15, 0.2) is 0 Å². The predicted octanol–water partition coefficient (Wildman–Crippen LogP) is 2.89. The van der Waals surface area contributed by atoms with Crippen molar-refractivity contribution in [1.29, 1.82) is 0 Å². The zero-order valence-corrected chi connectivity index (χ0v) is 12.1. The van der Waals surface area contributed by atoms with Crippen molar-refractivity contribution in [2.75, 3.05) is 20.6 Å². The molecule has 0 aromatic rings. The molecule has 0 saturated heterocycles. The van der Waals surface area contributed by atoms with E-state index >= 15 is 0 Å². The lowest BCUT2D eigenvalue weighted by Gasteiger charge is -2.51. The highest BCUT2D eigenvalue weighted by Crippen LogP contribution is 2.46. The molecule has 0 radical (unpaired) electrons. The fourth-order valence-corrected chi connectivity index (χ4v) is 3.98. The molecule has 3 atom stereocenters. The highest BCUT2D eigenvalue weighted by atomic mass is 15.2. The molecule has 17 heavy (non-hydrogen) atoms. The number of likely N-dealkylation sites (N-methyl/N-ethyl adjacent to an activating group) is 2. The van der Waals surface area contributed by atoms with E-state index in [0.29, 0.717) is 5.54 Å². The third-order valence-corrected chi connectivity index (χ3v) is 5.00. The number of hydrogen-bond donors (Lipinski definition) is 1. The Kier molecular flexibility index (Phi) is 4.14. The summed E-state index contributed by atoms with van der Waals surface area (Å²) in [4.78, 5) is 2.54. The van der Waals surface area contributed by atoms with Gasteiger partial charge in [-0.2, -0.15) is 0 Å². The van der Waals surface area contributed by atoms with Crippen LogP contribution in [0.4, 0.5) is 0 Å². The van der Waals surface area contributed by atoms with Crippen LogP contribution < -0.4 is 5.32 Å². The van der Waals surface area contributed by atoms with E-state index in [4.69, 9.17) is 0 Å². The Labute approximate surface area is 107 Å². The van der Waals surface area contributed by atoms with E-state index in [2.05, 4.69) is 38.2 Å². The quantitative estimate of drug-likeness (QED) is 0.792. The van der Waals surface area contributed by atoms with Crippen LogP contribution in [-0.2, 0) is 0 Å². The fraction of sp³-hybridized carbons (Fsp3) is 1.00. The summed E-state index contributed by atoms with van der Waals surface area (Å²) >= 11 is 0. The van der Waals surface area contributed by atoms with Crippen molar-refractivity contribution in [1.82, 2.24) is 10.2 Å². The van der Waals surface area contributed by atoms with Gasteiger partial charge in [0.1, 0.15) is 0 Å². The van der Waals surface area contributed by atoms with Crippen LogP contribution in [0.5, 0.6) is 0 Å². The first kappa shape index (κ1) is 13.4. The minimum absolute atomic E-state index is 0.425. The summed E-state index contributed by atoms with van der Waals surface area (Å²) < 4.78 is 0. The van der Waals surface area contributed by atoms with Gasteiger partial charge in [0.25, 0.3) is 0 Å². The normalized spacial score (nSPS) is 36.2. The average molecular weight is 238 g/mol. The summed E-state index contributed by atoms with van der Waals surface area (Å²) in [5, 5.41) is 3.82. The van der Waals surface area contributed by atoms with Gasteiger partial charge in [-0.15, -0.1) is 0 Å². The van der Waals surface area contributed by atoms with E-state index in [1.54, 1.807) is 0 Å². The lowest BCUT2D eigenvalue weighted by molar-refractivity contribution is 0.0301. The second-order valence-electron chi connectivity index (χ2n) is 6.57. The SMILES string of the molecule is CCNC(C1CC1)C1(N(C)C)CCCC(C)C1. The Morgan fingerprint density at radius 1 is 1.29 bits per heavy atom. The van der Waals surface area contributed by atoms with E-state index in [-0.39, 0.29) is 0 Å². The zero-order chi connectivity index (χ0) is 12.5. The van der Waals surface area contributed by atoms with Crippen LogP contribution in [0, 0.1) is 11.8 Å². The largest absolute Gasteiger partial charge is 0.312 e. The van der Waals surface area contributed by atoms with E-state index in [1.165, 1.54) is 38.5 Å². The Balaban J connectivity index is 2.18. The smallest absolute Gasteiger partial charge is 0.0361 e. The minimum Gasteiger partial charge on any atom is -0.312 e. The topological polar surface area (TPSA) is 15.3 Å². The van der Waals surface area contributed by atoms with Gasteiger partial charge in [-0.1, -0.05) is 26.7 Å². The number of hydrogen-bond acceptors (Lipinski definition) is 2. The van der Waals surface area contributed by atoms with E-state index < -0.39 is 0 Å². The highest BCUT2D eigenvalue weighted by Gasteiger charge is 2.49. The molecule has 2 aliphatic carbocycles. The Morgan fingerprint density at radius 3 is 2.47 bits per heavy atom. The van der Waals surface area contributed by atoms with E-state index in [9.17, 15) is 0 Å². The van der Waals surface area contributed by atoms with Gasteiger partial charge in [0.05, 0.1) is 0 Å². The van der Waals surface area contributed by atoms with E-state index in [1.807, 2.05) is 0 Å². The molecular formula is C15H30N2. The summed E-state index contributed by atoms with van der Waals surface area (Å²) in [6.45, 7) is 5.81. The van der Waals surface area contributed by atoms with Crippen molar-refractivity contribution >= 4 is 0 Å². The first-order valence-electron chi connectivity index (χ1n) is 7.51. The molecule has 0 heterocycles. The summed E-state index contributed by atoms with van der Waals surface area (Å²) in [6, 6.07) is 0.727. The first-order chi connectivity index (χ1) is 8.10. The number of nitrogens with zero attached hydrogens (tertiary/aromatic N) is 1. The maximum absolute atomic E-state index is 3.82. The molecule has 0 amide bonds. The monoisotopic (exact) mass is 238 g/mol. The van der Waals surface area contributed by atoms with Gasteiger partial charge in [0, 0.05) is 11.6 Å². The Hall–Kier alpha value is -0.0800. The molecule has 0 aromatic carbocycles. The first-order valence-corrected chi connectivity index (χ1v) is 7.51. The van der Waals surface area contributed by atoms with Crippen LogP contribution in [0.2, 0.25) is 0 Å². The molecular weight excluding hydrogens is 208 g/mol. The van der Waals surface area contributed by atoms with Crippen LogP contribution in [0.15, 0.2) is 0 Å². The second-order valence-corrected chi connectivity index (χ2v) is 6.57. The van der Waals surface area contributed by atoms with Crippen molar-refractivity contribution in [3.05, 3.63) is 0 Å². The molecule has 0 spiro atoms. The molecule has 0 aliphatic heterocycles. The molecule has 0 bridgehead atoms. The molecule has 2 rings (SSSR count). The van der Waals surface area contributed by atoms with Gasteiger partial charge < -0.3 is 10.2 Å². The molecule has 0 aromatic heterocycles. The number of nitrogens with one attached hydrogen (secondary N) is 1. The van der Waals surface area contributed by atoms with Gasteiger partial charge in [-0.3, -0.25) is 0 Å². The standard InChI is InChI=1S/C15H30N2/c1-5-16-14(13-8-9-13)15(17(3)4)10-6-7-12(2)11-15/h12-14,16H,5-11H2,1-4H3. The highest BCUT2D eigenvalue weighted by molar-refractivity contribution is 5.07. The maximum atomic E-state index is 3.82. The third kappa shape index (κ3) is 2.68. The van der Waals surface area contributed by atoms with E-state index in [0.717, 1.165) is 24.4 Å². The molecule has 1 N–H and O–H groups in total. The molecule has 2 heteroatoms. The Morgan fingerprint density at radius 2 is 2.00 bits per heavy atom. The lowest BCUT2D eigenvalue weighted by Crippen LogP contribution is -2.61. The fourth-order valence-electron chi connectivity index (χ4n) is 3.98. The maximum Gasteiger partial charge on any atom is 0.0361 e.